The minimum absolute atomic E-state index is 0.124. The Morgan fingerprint density at radius 2 is 1.82 bits per heavy atom. The summed E-state index contributed by atoms with van der Waals surface area (Å²) in [6.45, 7) is 7.28. The summed E-state index contributed by atoms with van der Waals surface area (Å²) in [5, 5.41) is 19.6. The lowest BCUT2D eigenvalue weighted by Crippen LogP contribution is -2.51. The van der Waals surface area contributed by atoms with E-state index in [2.05, 4.69) is 31.3 Å². The van der Waals surface area contributed by atoms with Crippen LogP contribution in [0.1, 0.15) is 39.7 Å². The number of hydrogen-bond acceptors (Lipinski definition) is 7. The molecule has 3 rings (SSSR count). The predicted octanol–water partition coefficient (Wildman–Crippen LogP) is 3.78. The third-order valence-corrected chi connectivity index (χ3v) is 5.19. The highest BCUT2D eigenvalue weighted by molar-refractivity contribution is 6.30. The molecule has 0 aliphatic rings. The molecule has 0 unspecified atom stereocenters. The summed E-state index contributed by atoms with van der Waals surface area (Å²) in [4.78, 5) is 25.7. The largest absolute Gasteiger partial charge is 0.459 e. The van der Waals surface area contributed by atoms with Gasteiger partial charge >= 0.3 is 5.97 Å². The molecule has 1 heterocycles. The molecule has 34 heavy (non-hydrogen) atoms. The number of hydrogen-bond donors (Lipinski definition) is 3. The van der Waals surface area contributed by atoms with Gasteiger partial charge in [-0.1, -0.05) is 60.0 Å². The molecule has 2 atom stereocenters. The predicted molar refractivity (Wildman–Crippen MR) is 130 cm³/mol. The van der Waals surface area contributed by atoms with E-state index in [0.717, 1.165) is 16.7 Å². The highest BCUT2D eigenvalue weighted by Gasteiger charge is 2.29. The van der Waals surface area contributed by atoms with E-state index in [1.807, 2.05) is 55.5 Å². The number of ether oxygens (including phenoxy) is 1. The quantitative estimate of drug-likeness (QED) is 0.395. The molecule has 0 aliphatic carbocycles. The Kier molecular flexibility index (Phi) is 8.36. The van der Waals surface area contributed by atoms with Crippen molar-refractivity contribution in [2.75, 3.05) is 5.32 Å². The van der Waals surface area contributed by atoms with Crippen LogP contribution in [-0.2, 0) is 20.7 Å². The van der Waals surface area contributed by atoms with E-state index in [1.165, 1.54) is 0 Å². The molecule has 1 aromatic heterocycles. The van der Waals surface area contributed by atoms with Crippen molar-refractivity contribution in [2.45, 2.75) is 58.2 Å². The van der Waals surface area contributed by atoms with Crippen LogP contribution in [0.15, 0.2) is 48.5 Å². The monoisotopic (exact) mass is 484 g/mol. The van der Waals surface area contributed by atoms with Crippen LogP contribution in [-0.4, -0.2) is 50.2 Å². The molecular weight excluding hydrogens is 456 g/mol. The maximum atomic E-state index is 13.0. The van der Waals surface area contributed by atoms with Crippen molar-refractivity contribution < 1.29 is 14.3 Å². The van der Waals surface area contributed by atoms with Crippen LogP contribution in [0.4, 0.5) is 5.95 Å². The van der Waals surface area contributed by atoms with Crippen molar-refractivity contribution in [2.24, 2.45) is 0 Å². The number of halogens is 1. The summed E-state index contributed by atoms with van der Waals surface area (Å²) in [7, 11) is 0. The average molecular weight is 485 g/mol. The van der Waals surface area contributed by atoms with Gasteiger partial charge in [0.15, 0.2) is 0 Å². The topological polar surface area (TPSA) is 122 Å². The Bertz CT molecular complexity index is 1100. The van der Waals surface area contributed by atoms with Crippen molar-refractivity contribution in [3.05, 3.63) is 59.1 Å². The first kappa shape index (κ1) is 25.3. The van der Waals surface area contributed by atoms with Gasteiger partial charge in [-0.15, -0.1) is 0 Å². The molecule has 2 aromatic carbocycles. The van der Waals surface area contributed by atoms with Crippen molar-refractivity contribution in [3.8, 4) is 11.1 Å². The van der Waals surface area contributed by atoms with E-state index >= 15 is 0 Å². The molecule has 3 N–H and O–H groups in total. The van der Waals surface area contributed by atoms with Gasteiger partial charge in [0.25, 0.3) is 0 Å². The second-order valence-electron chi connectivity index (χ2n) is 8.86. The second kappa shape index (κ2) is 11.2. The lowest BCUT2D eigenvalue weighted by Gasteiger charge is -2.27. The van der Waals surface area contributed by atoms with Crippen LogP contribution in [0.5, 0.6) is 0 Å². The number of anilines is 1. The average Bonchev–Trinajstić information content (AvgIpc) is 3.28. The number of amides is 1. The zero-order chi connectivity index (χ0) is 24.7. The van der Waals surface area contributed by atoms with Gasteiger partial charge in [-0.2, -0.15) is 0 Å². The maximum Gasteiger partial charge on any atom is 0.323 e. The molecule has 9 nitrogen and oxygen atoms in total. The minimum atomic E-state index is -0.736. The fourth-order valence-corrected chi connectivity index (χ4v) is 3.54. The fourth-order valence-electron chi connectivity index (χ4n) is 3.35. The lowest BCUT2D eigenvalue weighted by molar-refractivity contribution is -0.157. The number of esters is 1. The number of tetrazole rings is 1. The first-order chi connectivity index (χ1) is 16.1. The number of aromatic nitrogens is 4. The van der Waals surface area contributed by atoms with Crippen molar-refractivity contribution in [1.29, 1.82) is 0 Å². The third kappa shape index (κ3) is 7.36. The zero-order valence-electron chi connectivity index (χ0n) is 19.6. The summed E-state index contributed by atoms with van der Waals surface area (Å²) < 4.78 is 5.52. The molecule has 0 aliphatic heterocycles. The third-order valence-electron chi connectivity index (χ3n) is 4.96. The van der Waals surface area contributed by atoms with E-state index in [4.69, 9.17) is 16.3 Å². The molecule has 180 valence electrons. The number of rotatable bonds is 9. The van der Waals surface area contributed by atoms with Crippen LogP contribution in [0, 0.1) is 0 Å². The number of benzene rings is 2. The standard InChI is InChI=1S/C24H29ClN6O3/c1-5-19(22(33)34-24(2,3)4)26-20(21(32)27-23-28-30-31-29-23)13-15-9-11-16(12-10-15)17-7-6-8-18(25)14-17/h6-12,14,19-20,26H,5,13H2,1-4H3,(H2,27,28,29,30,31,32)/t19-,20-/m0/s1. The molecular formula is C24H29ClN6O3. The Morgan fingerprint density at radius 3 is 2.41 bits per heavy atom. The number of carbonyl (C=O) groups is 2. The van der Waals surface area contributed by atoms with Gasteiger partial charge in [-0.05, 0) is 72.9 Å². The van der Waals surface area contributed by atoms with E-state index in [-0.39, 0.29) is 11.9 Å². The van der Waals surface area contributed by atoms with Crippen LogP contribution in [0.25, 0.3) is 11.1 Å². The van der Waals surface area contributed by atoms with Gasteiger partial charge in [-0.25, -0.2) is 5.10 Å². The first-order valence-electron chi connectivity index (χ1n) is 11.0. The molecule has 0 spiro atoms. The minimum Gasteiger partial charge on any atom is -0.459 e. The normalized spacial score (nSPS) is 13.2. The van der Waals surface area contributed by atoms with Crippen molar-refractivity contribution in [3.63, 3.8) is 0 Å². The highest BCUT2D eigenvalue weighted by atomic mass is 35.5. The summed E-state index contributed by atoms with van der Waals surface area (Å²) in [5.41, 5.74) is 2.28. The SMILES string of the molecule is CC[C@H](N[C@@H](Cc1ccc(-c2cccc(Cl)c2)cc1)C(=O)Nc1nnn[nH]1)C(=O)OC(C)(C)C. The van der Waals surface area contributed by atoms with Crippen molar-refractivity contribution >= 4 is 29.4 Å². The number of H-pyrrole nitrogens is 1. The molecule has 3 aromatic rings. The molecule has 0 bridgehead atoms. The van der Waals surface area contributed by atoms with E-state index < -0.39 is 23.7 Å². The highest BCUT2D eigenvalue weighted by Crippen LogP contribution is 2.23. The summed E-state index contributed by atoms with van der Waals surface area (Å²) in [5.74, 6) is -0.664. The Morgan fingerprint density at radius 1 is 1.09 bits per heavy atom. The van der Waals surface area contributed by atoms with Crippen LogP contribution in [0.3, 0.4) is 0 Å². The lowest BCUT2D eigenvalue weighted by atomic mass is 9.99. The molecule has 0 fully saturated rings. The smallest absolute Gasteiger partial charge is 0.323 e. The second-order valence-corrected chi connectivity index (χ2v) is 9.30. The van der Waals surface area contributed by atoms with Gasteiger partial charge in [-0.3, -0.25) is 20.2 Å². The Hall–Kier alpha value is -3.30. The number of aromatic amines is 1. The number of nitrogens with zero attached hydrogens (tertiary/aromatic N) is 3. The fraction of sp³-hybridized carbons (Fsp3) is 0.375. The summed E-state index contributed by atoms with van der Waals surface area (Å²) >= 11 is 6.11. The van der Waals surface area contributed by atoms with Gasteiger partial charge < -0.3 is 4.74 Å². The number of nitrogens with one attached hydrogen (secondary N) is 3. The van der Waals surface area contributed by atoms with Gasteiger partial charge in [0.2, 0.25) is 11.9 Å². The Labute approximate surface area is 203 Å². The van der Waals surface area contributed by atoms with Crippen LogP contribution >= 0.6 is 11.6 Å². The molecule has 0 radical (unpaired) electrons. The number of carbonyl (C=O) groups excluding carboxylic acids is 2. The molecule has 1 amide bonds. The van der Waals surface area contributed by atoms with E-state index in [0.29, 0.717) is 17.9 Å². The van der Waals surface area contributed by atoms with E-state index in [9.17, 15) is 9.59 Å². The van der Waals surface area contributed by atoms with Crippen LogP contribution in [0.2, 0.25) is 5.02 Å². The molecule has 10 heteroatoms. The maximum absolute atomic E-state index is 13.0. The van der Waals surface area contributed by atoms with Gasteiger partial charge in [0.1, 0.15) is 11.6 Å². The zero-order valence-corrected chi connectivity index (χ0v) is 20.4. The van der Waals surface area contributed by atoms with Gasteiger partial charge in [0.05, 0.1) is 6.04 Å². The van der Waals surface area contributed by atoms with E-state index in [1.54, 1.807) is 20.8 Å². The van der Waals surface area contributed by atoms with Gasteiger partial charge in [0, 0.05) is 5.02 Å². The summed E-state index contributed by atoms with van der Waals surface area (Å²) in [6, 6.07) is 14.0. The molecule has 0 saturated carbocycles. The summed E-state index contributed by atoms with van der Waals surface area (Å²) in [6.07, 6.45) is 0.790. The first-order valence-corrected chi connectivity index (χ1v) is 11.4. The van der Waals surface area contributed by atoms with Crippen molar-refractivity contribution in [1.82, 2.24) is 25.9 Å². The Balaban J connectivity index is 1.78. The molecule has 0 saturated heterocycles. The van der Waals surface area contributed by atoms with Crippen LogP contribution < -0.4 is 10.6 Å².